The van der Waals surface area contributed by atoms with Crippen LogP contribution in [-0.4, -0.2) is 33.8 Å². The van der Waals surface area contributed by atoms with E-state index in [1.54, 1.807) is 35.2 Å². The van der Waals surface area contributed by atoms with Crippen molar-refractivity contribution in [2.45, 2.75) is 23.9 Å². The van der Waals surface area contributed by atoms with Gasteiger partial charge in [0.1, 0.15) is 16.9 Å². The molecule has 0 unspecified atom stereocenters. The molecule has 0 saturated heterocycles. The number of thiazole rings is 1. The molecule has 4 rings (SSSR count). The lowest BCUT2D eigenvalue weighted by atomic mass is 10.2. The molecule has 0 aliphatic heterocycles. The van der Waals surface area contributed by atoms with E-state index in [1.807, 2.05) is 22.8 Å². The number of quaternary nitrogens is 1. The van der Waals surface area contributed by atoms with Gasteiger partial charge < -0.3 is 4.90 Å². The van der Waals surface area contributed by atoms with Crippen LogP contribution in [0.4, 0.5) is 4.39 Å². The van der Waals surface area contributed by atoms with E-state index in [0.717, 1.165) is 27.2 Å². The summed E-state index contributed by atoms with van der Waals surface area (Å²) >= 11 is 3.29. The lowest BCUT2D eigenvalue weighted by molar-refractivity contribution is -0.890. The fourth-order valence-corrected chi connectivity index (χ4v) is 4.77. The Kier molecular flexibility index (Phi) is 5.43. The Hall–Kier alpha value is -2.29. The predicted octanol–water partition coefficient (Wildman–Crippen LogP) is 3.51. The smallest absolute Gasteiger partial charge is 0.196 e. The van der Waals surface area contributed by atoms with Crippen molar-refractivity contribution in [3.8, 4) is 5.69 Å². The molecule has 8 heteroatoms. The second kappa shape index (κ2) is 7.98. The molecular weight excluding hydrogens is 393 g/mol. The summed E-state index contributed by atoms with van der Waals surface area (Å²) < 4.78 is 16.6. The molecule has 0 spiro atoms. The topological polar surface area (TPSA) is 48.0 Å². The Morgan fingerprint density at radius 2 is 1.86 bits per heavy atom. The SMILES string of the molecule is C[C@@H](c1nnc(SCc2nc3ccccc3s2)n1-c1ccc(F)cc1)[NH+](C)C. The summed E-state index contributed by atoms with van der Waals surface area (Å²) in [6, 6.07) is 14.8. The molecule has 2 aromatic heterocycles. The van der Waals surface area contributed by atoms with Gasteiger partial charge in [0.15, 0.2) is 11.0 Å². The van der Waals surface area contributed by atoms with Gasteiger partial charge in [-0.15, -0.1) is 21.5 Å². The van der Waals surface area contributed by atoms with Crippen molar-refractivity contribution in [1.29, 1.82) is 0 Å². The minimum Gasteiger partial charge on any atom is -0.331 e. The number of benzene rings is 2. The number of rotatable bonds is 6. The molecule has 0 aliphatic rings. The predicted molar refractivity (Wildman–Crippen MR) is 112 cm³/mol. The number of hydrogen-bond donors (Lipinski definition) is 1. The number of hydrogen-bond acceptors (Lipinski definition) is 5. The van der Waals surface area contributed by atoms with Crippen LogP contribution in [0.15, 0.2) is 53.7 Å². The summed E-state index contributed by atoms with van der Waals surface area (Å²) in [6.07, 6.45) is 0. The van der Waals surface area contributed by atoms with Crippen LogP contribution in [0, 0.1) is 5.82 Å². The minimum atomic E-state index is -0.256. The van der Waals surface area contributed by atoms with Crippen molar-refractivity contribution in [3.05, 3.63) is 65.2 Å². The van der Waals surface area contributed by atoms with E-state index in [2.05, 4.69) is 37.3 Å². The number of aromatic nitrogens is 4. The Labute approximate surface area is 171 Å². The number of thioether (sulfide) groups is 1. The van der Waals surface area contributed by atoms with Crippen LogP contribution in [-0.2, 0) is 5.75 Å². The zero-order valence-corrected chi connectivity index (χ0v) is 17.5. The Morgan fingerprint density at radius 3 is 2.57 bits per heavy atom. The first-order valence-electron chi connectivity index (χ1n) is 9.01. The highest BCUT2D eigenvalue weighted by Gasteiger charge is 2.23. The second-order valence-electron chi connectivity index (χ2n) is 6.82. The molecule has 144 valence electrons. The fourth-order valence-electron chi connectivity index (χ4n) is 2.85. The van der Waals surface area contributed by atoms with Gasteiger partial charge in [-0.1, -0.05) is 23.9 Å². The largest absolute Gasteiger partial charge is 0.331 e. The molecule has 1 N–H and O–H groups in total. The molecule has 0 amide bonds. The van der Waals surface area contributed by atoms with Crippen LogP contribution >= 0.6 is 23.1 Å². The molecule has 28 heavy (non-hydrogen) atoms. The average molecular weight is 415 g/mol. The lowest BCUT2D eigenvalue weighted by Gasteiger charge is -2.18. The van der Waals surface area contributed by atoms with Gasteiger partial charge in [0.25, 0.3) is 0 Å². The van der Waals surface area contributed by atoms with Gasteiger partial charge in [-0.25, -0.2) is 9.37 Å². The van der Waals surface area contributed by atoms with Crippen LogP contribution in [0.5, 0.6) is 0 Å². The molecule has 0 fully saturated rings. The molecule has 0 saturated carbocycles. The Balaban J connectivity index is 1.66. The first-order chi connectivity index (χ1) is 13.5. The van der Waals surface area contributed by atoms with Crippen molar-refractivity contribution >= 4 is 33.3 Å². The van der Waals surface area contributed by atoms with E-state index in [0.29, 0.717) is 5.75 Å². The number of halogens is 1. The van der Waals surface area contributed by atoms with E-state index < -0.39 is 0 Å². The number of nitrogens with zero attached hydrogens (tertiary/aromatic N) is 4. The monoisotopic (exact) mass is 414 g/mol. The van der Waals surface area contributed by atoms with Gasteiger partial charge in [-0.05, 0) is 43.3 Å². The number of nitrogens with one attached hydrogen (secondary N) is 1. The van der Waals surface area contributed by atoms with Crippen molar-refractivity contribution < 1.29 is 9.29 Å². The summed E-state index contributed by atoms with van der Waals surface area (Å²) in [5.41, 5.74) is 1.88. The second-order valence-corrected chi connectivity index (χ2v) is 8.87. The molecular formula is C20H21FN5S2+. The Morgan fingerprint density at radius 1 is 1.11 bits per heavy atom. The van der Waals surface area contributed by atoms with Crippen LogP contribution in [0.25, 0.3) is 15.9 Å². The summed E-state index contributed by atoms with van der Waals surface area (Å²) in [4.78, 5) is 5.95. The maximum Gasteiger partial charge on any atom is 0.196 e. The maximum absolute atomic E-state index is 13.4. The number of para-hydroxylation sites is 1. The van der Waals surface area contributed by atoms with Crippen LogP contribution in [0.1, 0.15) is 23.8 Å². The van der Waals surface area contributed by atoms with Gasteiger partial charge >= 0.3 is 0 Å². The van der Waals surface area contributed by atoms with Gasteiger partial charge in [-0.3, -0.25) is 4.57 Å². The molecule has 5 nitrogen and oxygen atoms in total. The molecule has 1 atom stereocenters. The molecule has 2 aromatic carbocycles. The highest BCUT2D eigenvalue weighted by Crippen LogP contribution is 2.30. The minimum absolute atomic E-state index is 0.148. The summed E-state index contributed by atoms with van der Waals surface area (Å²) in [6.45, 7) is 2.11. The molecule has 4 aromatic rings. The van der Waals surface area contributed by atoms with Gasteiger partial charge in [0.05, 0.1) is 30.1 Å². The first kappa shape index (κ1) is 19.0. The third kappa shape index (κ3) is 3.80. The molecule has 0 bridgehead atoms. The van der Waals surface area contributed by atoms with Crippen LogP contribution < -0.4 is 4.90 Å². The van der Waals surface area contributed by atoms with Crippen molar-refractivity contribution in [1.82, 2.24) is 19.7 Å². The lowest BCUT2D eigenvalue weighted by Crippen LogP contribution is -3.05. The van der Waals surface area contributed by atoms with Crippen molar-refractivity contribution in [3.63, 3.8) is 0 Å². The quantitative estimate of drug-likeness (QED) is 0.491. The van der Waals surface area contributed by atoms with E-state index in [-0.39, 0.29) is 11.9 Å². The summed E-state index contributed by atoms with van der Waals surface area (Å²) in [7, 11) is 4.17. The Bertz CT molecular complexity index is 1050. The third-order valence-electron chi connectivity index (χ3n) is 4.66. The summed E-state index contributed by atoms with van der Waals surface area (Å²) in [5, 5.41) is 10.7. The van der Waals surface area contributed by atoms with E-state index >= 15 is 0 Å². The van der Waals surface area contributed by atoms with Crippen molar-refractivity contribution in [2.75, 3.05) is 14.1 Å². The van der Waals surface area contributed by atoms with Gasteiger partial charge in [0, 0.05) is 5.69 Å². The first-order valence-corrected chi connectivity index (χ1v) is 10.8. The van der Waals surface area contributed by atoms with Crippen LogP contribution in [0.3, 0.4) is 0 Å². The highest BCUT2D eigenvalue weighted by atomic mass is 32.2. The fraction of sp³-hybridized carbons (Fsp3) is 0.250. The van der Waals surface area contributed by atoms with Crippen molar-refractivity contribution in [2.24, 2.45) is 0 Å². The zero-order chi connectivity index (χ0) is 19.7. The van der Waals surface area contributed by atoms with Gasteiger partial charge in [0.2, 0.25) is 0 Å². The molecule has 0 radical (unpaired) electrons. The van der Waals surface area contributed by atoms with E-state index in [4.69, 9.17) is 4.98 Å². The van der Waals surface area contributed by atoms with E-state index in [9.17, 15) is 4.39 Å². The maximum atomic E-state index is 13.4. The molecule has 0 aliphatic carbocycles. The zero-order valence-electron chi connectivity index (χ0n) is 15.9. The number of fused-ring (bicyclic) bond motifs is 1. The van der Waals surface area contributed by atoms with Gasteiger partial charge in [-0.2, -0.15) is 0 Å². The van der Waals surface area contributed by atoms with E-state index in [1.165, 1.54) is 21.7 Å². The highest BCUT2D eigenvalue weighted by molar-refractivity contribution is 7.98. The van der Waals surface area contributed by atoms with Crippen LogP contribution in [0.2, 0.25) is 0 Å². The molecule has 2 heterocycles. The normalized spacial score (nSPS) is 12.8. The standard InChI is InChI=1S/C20H20FN5S2/c1-13(25(2)3)19-23-24-20(26(19)15-10-8-14(21)9-11-15)27-12-18-22-16-6-4-5-7-17(16)28-18/h4-11,13H,12H2,1-3H3/p+1/t13-/m0/s1. The summed E-state index contributed by atoms with van der Waals surface area (Å²) in [5.74, 6) is 1.31. The third-order valence-corrected chi connectivity index (χ3v) is 6.82. The average Bonchev–Trinajstić information content (AvgIpc) is 3.30.